The average molecular weight is 414 g/mol. The first-order chi connectivity index (χ1) is 14.8. The summed E-state index contributed by atoms with van der Waals surface area (Å²) in [5, 5.41) is 14.0. The van der Waals surface area contributed by atoms with Gasteiger partial charge in [0.15, 0.2) is 5.65 Å². The molecular formula is C24H20ClN5. The van der Waals surface area contributed by atoms with Gasteiger partial charge >= 0.3 is 0 Å². The SMILES string of the molecule is Clc1cccc(-c2nnn3c2nc(NCCCc2ccccc2)c2ccccc23)c1. The Morgan fingerprint density at radius 2 is 1.73 bits per heavy atom. The van der Waals surface area contributed by atoms with E-state index >= 15 is 0 Å². The smallest absolute Gasteiger partial charge is 0.186 e. The molecule has 5 aromatic rings. The van der Waals surface area contributed by atoms with Crippen molar-refractivity contribution >= 4 is 34.0 Å². The molecule has 148 valence electrons. The lowest BCUT2D eigenvalue weighted by atomic mass is 10.1. The van der Waals surface area contributed by atoms with E-state index in [0.717, 1.165) is 47.4 Å². The fourth-order valence-electron chi connectivity index (χ4n) is 3.67. The number of aryl methyl sites for hydroxylation is 1. The molecule has 2 aromatic heterocycles. The third kappa shape index (κ3) is 3.60. The molecule has 30 heavy (non-hydrogen) atoms. The van der Waals surface area contributed by atoms with Crippen LogP contribution in [0.2, 0.25) is 5.02 Å². The Bertz CT molecular complexity index is 1310. The molecule has 5 nitrogen and oxygen atoms in total. The Morgan fingerprint density at radius 3 is 2.60 bits per heavy atom. The summed E-state index contributed by atoms with van der Waals surface area (Å²) in [4.78, 5) is 4.90. The van der Waals surface area contributed by atoms with Gasteiger partial charge in [0, 0.05) is 22.5 Å². The lowest BCUT2D eigenvalue weighted by Crippen LogP contribution is -2.07. The molecule has 0 aliphatic heterocycles. The van der Waals surface area contributed by atoms with Gasteiger partial charge in [0.25, 0.3) is 0 Å². The Balaban J connectivity index is 1.49. The van der Waals surface area contributed by atoms with Gasteiger partial charge < -0.3 is 5.32 Å². The zero-order chi connectivity index (χ0) is 20.3. The second-order valence-electron chi connectivity index (χ2n) is 7.18. The summed E-state index contributed by atoms with van der Waals surface area (Å²) in [7, 11) is 0. The number of halogens is 1. The summed E-state index contributed by atoms with van der Waals surface area (Å²) in [5.74, 6) is 0.844. The van der Waals surface area contributed by atoms with E-state index in [1.807, 2.05) is 48.5 Å². The third-order valence-electron chi connectivity index (χ3n) is 5.13. The topological polar surface area (TPSA) is 55.1 Å². The van der Waals surface area contributed by atoms with Gasteiger partial charge in [-0.3, -0.25) is 0 Å². The second-order valence-corrected chi connectivity index (χ2v) is 7.61. The third-order valence-corrected chi connectivity index (χ3v) is 5.36. The van der Waals surface area contributed by atoms with E-state index < -0.39 is 0 Å². The zero-order valence-corrected chi connectivity index (χ0v) is 17.0. The standard InChI is InChI=1S/C24H20ClN5/c25-19-12-6-11-18(16-19)22-24-27-23(26-15-7-10-17-8-2-1-3-9-17)20-13-4-5-14-21(20)30(24)29-28-22/h1-6,8-9,11-14,16H,7,10,15H2,(H,26,27). The lowest BCUT2D eigenvalue weighted by Gasteiger charge is -2.10. The van der Waals surface area contributed by atoms with Crippen LogP contribution in [0.1, 0.15) is 12.0 Å². The molecular weight excluding hydrogens is 394 g/mol. The molecule has 1 N–H and O–H groups in total. The van der Waals surface area contributed by atoms with Crippen LogP contribution >= 0.6 is 11.6 Å². The maximum absolute atomic E-state index is 6.19. The molecule has 5 rings (SSSR count). The summed E-state index contributed by atoms with van der Waals surface area (Å²) in [6, 6.07) is 26.2. The Hall–Kier alpha value is -3.44. The molecule has 6 heteroatoms. The molecule has 0 amide bonds. The predicted octanol–water partition coefficient (Wildman–Crippen LogP) is 5.64. The molecule has 0 fully saturated rings. The van der Waals surface area contributed by atoms with Gasteiger partial charge in [-0.15, -0.1) is 5.10 Å². The average Bonchev–Trinajstić information content (AvgIpc) is 3.21. The van der Waals surface area contributed by atoms with E-state index in [-0.39, 0.29) is 0 Å². The molecule has 0 aliphatic carbocycles. The molecule has 0 saturated carbocycles. The Kier molecular flexibility index (Phi) is 5.03. The molecule has 0 radical (unpaired) electrons. The van der Waals surface area contributed by atoms with E-state index in [0.29, 0.717) is 10.7 Å². The number of para-hydroxylation sites is 1. The number of hydrogen-bond donors (Lipinski definition) is 1. The van der Waals surface area contributed by atoms with E-state index in [2.05, 4.69) is 46.0 Å². The maximum Gasteiger partial charge on any atom is 0.186 e. The summed E-state index contributed by atoms with van der Waals surface area (Å²) in [6.45, 7) is 0.829. The van der Waals surface area contributed by atoms with E-state index in [9.17, 15) is 0 Å². The van der Waals surface area contributed by atoms with Crippen LogP contribution in [0.15, 0.2) is 78.9 Å². The van der Waals surface area contributed by atoms with Crippen LogP contribution < -0.4 is 5.32 Å². The first-order valence-electron chi connectivity index (χ1n) is 9.97. The number of fused-ring (bicyclic) bond motifs is 3. The molecule has 3 aromatic carbocycles. The number of anilines is 1. The van der Waals surface area contributed by atoms with E-state index in [4.69, 9.17) is 16.6 Å². The van der Waals surface area contributed by atoms with Crippen LogP contribution in [0.25, 0.3) is 27.8 Å². The molecule has 0 spiro atoms. The number of hydrogen-bond acceptors (Lipinski definition) is 4. The van der Waals surface area contributed by atoms with Crippen molar-refractivity contribution in [2.45, 2.75) is 12.8 Å². The van der Waals surface area contributed by atoms with Gasteiger partial charge in [-0.1, -0.05) is 71.4 Å². The minimum atomic E-state index is 0.661. The number of nitrogens with one attached hydrogen (secondary N) is 1. The van der Waals surface area contributed by atoms with Gasteiger partial charge in [-0.2, -0.15) is 4.52 Å². The minimum absolute atomic E-state index is 0.661. The number of rotatable bonds is 6. The maximum atomic E-state index is 6.19. The van der Waals surface area contributed by atoms with Crippen molar-refractivity contribution in [3.8, 4) is 11.3 Å². The van der Waals surface area contributed by atoms with Crippen LogP contribution in [0.3, 0.4) is 0 Å². The highest BCUT2D eigenvalue weighted by Gasteiger charge is 2.15. The predicted molar refractivity (Wildman–Crippen MR) is 122 cm³/mol. The highest BCUT2D eigenvalue weighted by Crippen LogP contribution is 2.29. The van der Waals surface area contributed by atoms with Gasteiger partial charge in [0.2, 0.25) is 0 Å². The summed E-state index contributed by atoms with van der Waals surface area (Å²) >= 11 is 6.19. The van der Waals surface area contributed by atoms with E-state index in [1.165, 1.54) is 5.56 Å². The van der Waals surface area contributed by atoms with Crippen molar-refractivity contribution in [2.24, 2.45) is 0 Å². The molecule has 0 saturated heterocycles. The van der Waals surface area contributed by atoms with Crippen molar-refractivity contribution in [1.29, 1.82) is 0 Å². The van der Waals surface area contributed by atoms with Crippen LogP contribution in [0, 0.1) is 0 Å². The summed E-state index contributed by atoms with van der Waals surface area (Å²) in [5.41, 5.74) is 4.64. The van der Waals surface area contributed by atoms with Crippen LogP contribution in [0.4, 0.5) is 5.82 Å². The van der Waals surface area contributed by atoms with Gasteiger partial charge in [-0.25, -0.2) is 4.98 Å². The summed E-state index contributed by atoms with van der Waals surface area (Å²) < 4.78 is 1.79. The normalized spacial score (nSPS) is 11.2. The lowest BCUT2D eigenvalue weighted by molar-refractivity contribution is 0.855. The van der Waals surface area contributed by atoms with Crippen LogP contribution in [0.5, 0.6) is 0 Å². The quantitative estimate of drug-likeness (QED) is 0.366. The number of nitrogens with zero attached hydrogens (tertiary/aromatic N) is 4. The van der Waals surface area contributed by atoms with Crippen molar-refractivity contribution in [3.63, 3.8) is 0 Å². The Labute approximate surface area is 179 Å². The fraction of sp³-hybridized carbons (Fsp3) is 0.125. The van der Waals surface area contributed by atoms with Crippen molar-refractivity contribution in [1.82, 2.24) is 19.8 Å². The molecule has 0 unspecified atom stereocenters. The minimum Gasteiger partial charge on any atom is -0.369 e. The number of aromatic nitrogens is 4. The number of benzene rings is 3. The highest BCUT2D eigenvalue weighted by molar-refractivity contribution is 6.30. The first-order valence-corrected chi connectivity index (χ1v) is 10.4. The van der Waals surface area contributed by atoms with Gasteiger partial charge in [0.1, 0.15) is 11.5 Å². The fourth-order valence-corrected chi connectivity index (χ4v) is 3.86. The van der Waals surface area contributed by atoms with E-state index in [1.54, 1.807) is 4.52 Å². The monoisotopic (exact) mass is 413 g/mol. The zero-order valence-electron chi connectivity index (χ0n) is 16.3. The highest BCUT2D eigenvalue weighted by atomic mass is 35.5. The molecule has 0 atom stereocenters. The summed E-state index contributed by atoms with van der Waals surface area (Å²) in [6.07, 6.45) is 2.04. The largest absolute Gasteiger partial charge is 0.369 e. The van der Waals surface area contributed by atoms with Crippen LogP contribution in [-0.2, 0) is 6.42 Å². The van der Waals surface area contributed by atoms with Crippen LogP contribution in [-0.4, -0.2) is 26.4 Å². The van der Waals surface area contributed by atoms with Gasteiger partial charge in [-0.05, 0) is 42.7 Å². The molecule has 0 aliphatic rings. The van der Waals surface area contributed by atoms with Crippen molar-refractivity contribution in [3.05, 3.63) is 89.4 Å². The molecule has 0 bridgehead atoms. The first kappa shape index (κ1) is 18.6. The molecule has 2 heterocycles. The van der Waals surface area contributed by atoms with Crippen molar-refractivity contribution in [2.75, 3.05) is 11.9 Å². The van der Waals surface area contributed by atoms with Crippen molar-refractivity contribution < 1.29 is 0 Å². The second kappa shape index (κ2) is 8.13. The Morgan fingerprint density at radius 1 is 0.900 bits per heavy atom. The van der Waals surface area contributed by atoms with Gasteiger partial charge in [0.05, 0.1) is 5.52 Å².